The maximum atomic E-state index is 11.4. The highest BCUT2D eigenvalue weighted by Gasteiger charge is 2.16. The topological polar surface area (TPSA) is 48.6 Å². The van der Waals surface area contributed by atoms with Crippen molar-refractivity contribution in [2.75, 3.05) is 44.2 Å². The average molecular weight is 406 g/mol. The maximum absolute atomic E-state index is 11.4. The van der Waals surface area contributed by atoms with Crippen LogP contribution in [0.25, 0.3) is 10.9 Å². The summed E-state index contributed by atoms with van der Waals surface area (Å²) in [5.74, 6) is 0.853. The number of aryl methyl sites for hydroxylation is 1. The van der Waals surface area contributed by atoms with Gasteiger partial charge in [-0.1, -0.05) is 25.5 Å². The molecule has 1 saturated heterocycles. The fourth-order valence-electron chi connectivity index (χ4n) is 4.09. The Kier molecular flexibility index (Phi) is 6.70. The van der Waals surface area contributed by atoms with Crippen molar-refractivity contribution in [2.45, 2.75) is 26.2 Å². The van der Waals surface area contributed by atoms with E-state index in [9.17, 15) is 4.79 Å². The first-order chi connectivity index (χ1) is 14.7. The van der Waals surface area contributed by atoms with Gasteiger partial charge in [-0.25, -0.2) is 0 Å². The number of hydrogen-bond acceptors (Lipinski definition) is 4. The van der Waals surface area contributed by atoms with Gasteiger partial charge >= 0.3 is 0 Å². The Labute approximate surface area is 178 Å². The molecule has 1 N–H and O–H groups in total. The van der Waals surface area contributed by atoms with Gasteiger partial charge < -0.3 is 14.6 Å². The predicted octanol–water partition coefficient (Wildman–Crippen LogP) is 4.07. The molecule has 1 aromatic heterocycles. The second-order valence-corrected chi connectivity index (χ2v) is 8.02. The molecule has 5 nitrogen and oxygen atoms in total. The lowest BCUT2D eigenvalue weighted by molar-refractivity contribution is 0.225. The van der Waals surface area contributed by atoms with Crippen LogP contribution in [-0.4, -0.2) is 49.2 Å². The summed E-state index contributed by atoms with van der Waals surface area (Å²) in [6.07, 6.45) is 3.37. The van der Waals surface area contributed by atoms with Crippen LogP contribution in [0.3, 0.4) is 0 Å². The SMILES string of the molecule is CCCc1ccc(N2CCN(CCCOc3ccc4[nH]c(=O)ccc4c3)CC2)cc1. The van der Waals surface area contributed by atoms with Crippen molar-refractivity contribution in [3.8, 4) is 5.75 Å². The molecule has 4 rings (SSSR count). The molecule has 0 radical (unpaired) electrons. The van der Waals surface area contributed by atoms with E-state index in [4.69, 9.17) is 4.74 Å². The molecule has 1 aliphatic heterocycles. The van der Waals surface area contributed by atoms with Crippen molar-refractivity contribution in [3.63, 3.8) is 0 Å². The molecule has 1 fully saturated rings. The van der Waals surface area contributed by atoms with Crippen LogP contribution in [0.1, 0.15) is 25.3 Å². The fourth-order valence-corrected chi connectivity index (χ4v) is 4.09. The molecule has 158 valence electrons. The van der Waals surface area contributed by atoms with Gasteiger partial charge in [0, 0.05) is 55.4 Å². The van der Waals surface area contributed by atoms with Gasteiger partial charge in [0.1, 0.15) is 5.75 Å². The predicted molar refractivity (Wildman–Crippen MR) is 124 cm³/mol. The molecular weight excluding hydrogens is 374 g/mol. The summed E-state index contributed by atoms with van der Waals surface area (Å²) in [4.78, 5) is 19.2. The molecule has 0 unspecified atom stereocenters. The van der Waals surface area contributed by atoms with Gasteiger partial charge in [-0.15, -0.1) is 0 Å². The van der Waals surface area contributed by atoms with Crippen LogP contribution in [-0.2, 0) is 6.42 Å². The van der Waals surface area contributed by atoms with Crippen molar-refractivity contribution in [3.05, 3.63) is 70.5 Å². The van der Waals surface area contributed by atoms with E-state index >= 15 is 0 Å². The molecule has 30 heavy (non-hydrogen) atoms. The number of benzene rings is 2. The van der Waals surface area contributed by atoms with Crippen LogP contribution >= 0.6 is 0 Å². The Hall–Kier alpha value is -2.79. The highest BCUT2D eigenvalue weighted by atomic mass is 16.5. The quantitative estimate of drug-likeness (QED) is 0.574. The standard InChI is InChI=1S/C25H31N3O2/c1-2-4-20-5-8-22(9-6-20)28-16-14-27(15-17-28)13-3-18-30-23-10-11-24-21(19-23)7-12-25(29)26-24/h5-12,19H,2-4,13-18H2,1H3,(H,26,29). The lowest BCUT2D eigenvalue weighted by Gasteiger charge is -2.36. The van der Waals surface area contributed by atoms with E-state index in [0.29, 0.717) is 6.61 Å². The second-order valence-electron chi connectivity index (χ2n) is 8.02. The van der Waals surface area contributed by atoms with Crippen molar-refractivity contribution in [2.24, 2.45) is 0 Å². The maximum Gasteiger partial charge on any atom is 0.248 e. The average Bonchev–Trinajstić information content (AvgIpc) is 2.78. The Balaban J connectivity index is 1.19. The Morgan fingerprint density at radius 1 is 0.967 bits per heavy atom. The minimum atomic E-state index is -0.0789. The summed E-state index contributed by atoms with van der Waals surface area (Å²) in [7, 11) is 0. The molecule has 0 amide bonds. The fraction of sp³-hybridized carbons (Fsp3) is 0.400. The number of rotatable bonds is 8. The number of fused-ring (bicyclic) bond motifs is 1. The summed E-state index contributed by atoms with van der Waals surface area (Å²) in [5, 5.41) is 0.992. The third-order valence-electron chi connectivity index (χ3n) is 5.80. The van der Waals surface area contributed by atoms with Crippen LogP contribution < -0.4 is 15.2 Å². The first kappa shape index (κ1) is 20.5. The Bertz CT molecular complexity index is 1000. The van der Waals surface area contributed by atoms with Crippen LogP contribution in [0.15, 0.2) is 59.4 Å². The van der Waals surface area contributed by atoms with Crippen molar-refractivity contribution in [1.29, 1.82) is 0 Å². The largest absolute Gasteiger partial charge is 0.494 e. The number of hydrogen-bond donors (Lipinski definition) is 1. The van der Waals surface area contributed by atoms with E-state index in [2.05, 4.69) is 46.0 Å². The van der Waals surface area contributed by atoms with Gasteiger partial charge in [0.2, 0.25) is 5.56 Å². The monoisotopic (exact) mass is 405 g/mol. The summed E-state index contributed by atoms with van der Waals surface area (Å²) in [6.45, 7) is 8.34. The summed E-state index contributed by atoms with van der Waals surface area (Å²) >= 11 is 0. The zero-order chi connectivity index (χ0) is 20.8. The molecular formula is C25H31N3O2. The number of piperazine rings is 1. The third kappa shape index (κ3) is 5.22. The van der Waals surface area contributed by atoms with Gasteiger partial charge in [0.15, 0.2) is 0 Å². The first-order valence-electron chi connectivity index (χ1n) is 11.0. The number of nitrogens with zero attached hydrogens (tertiary/aromatic N) is 2. The van der Waals surface area contributed by atoms with Gasteiger partial charge in [-0.2, -0.15) is 0 Å². The number of ether oxygens (including phenoxy) is 1. The molecule has 0 atom stereocenters. The molecule has 0 saturated carbocycles. The number of pyridine rings is 1. The van der Waals surface area contributed by atoms with Crippen LogP contribution in [0, 0.1) is 0 Å². The lowest BCUT2D eigenvalue weighted by atomic mass is 10.1. The molecule has 2 heterocycles. The minimum absolute atomic E-state index is 0.0789. The molecule has 3 aromatic rings. The summed E-state index contributed by atoms with van der Waals surface area (Å²) in [6, 6.07) is 18.3. The minimum Gasteiger partial charge on any atom is -0.494 e. The Morgan fingerprint density at radius 3 is 2.53 bits per heavy atom. The van der Waals surface area contributed by atoms with Crippen LogP contribution in [0.4, 0.5) is 5.69 Å². The number of aromatic amines is 1. The van der Waals surface area contributed by atoms with E-state index in [1.165, 1.54) is 17.7 Å². The zero-order valence-electron chi connectivity index (χ0n) is 17.8. The van der Waals surface area contributed by atoms with E-state index in [1.54, 1.807) is 6.07 Å². The smallest absolute Gasteiger partial charge is 0.248 e. The number of anilines is 1. The van der Waals surface area contributed by atoms with Gasteiger partial charge in [-0.05, 0) is 54.8 Å². The Morgan fingerprint density at radius 2 is 1.77 bits per heavy atom. The summed E-state index contributed by atoms with van der Waals surface area (Å²) < 4.78 is 5.93. The number of H-pyrrole nitrogens is 1. The molecule has 2 aromatic carbocycles. The number of aromatic nitrogens is 1. The molecule has 0 aliphatic carbocycles. The van der Waals surface area contributed by atoms with Crippen LogP contribution in [0.2, 0.25) is 0 Å². The molecule has 0 spiro atoms. The molecule has 0 bridgehead atoms. The van der Waals surface area contributed by atoms with E-state index in [1.807, 2.05) is 24.3 Å². The van der Waals surface area contributed by atoms with Crippen molar-refractivity contribution < 1.29 is 4.74 Å². The molecule has 5 heteroatoms. The van der Waals surface area contributed by atoms with E-state index in [0.717, 1.165) is 62.2 Å². The van der Waals surface area contributed by atoms with Crippen molar-refractivity contribution >= 4 is 16.6 Å². The van der Waals surface area contributed by atoms with E-state index < -0.39 is 0 Å². The highest BCUT2D eigenvalue weighted by Crippen LogP contribution is 2.19. The van der Waals surface area contributed by atoms with Gasteiger partial charge in [0.05, 0.1) is 6.61 Å². The lowest BCUT2D eigenvalue weighted by Crippen LogP contribution is -2.46. The van der Waals surface area contributed by atoms with Crippen molar-refractivity contribution in [1.82, 2.24) is 9.88 Å². The summed E-state index contributed by atoms with van der Waals surface area (Å²) in [5.41, 5.74) is 3.53. The highest BCUT2D eigenvalue weighted by molar-refractivity contribution is 5.79. The van der Waals surface area contributed by atoms with Gasteiger partial charge in [0.25, 0.3) is 0 Å². The zero-order valence-corrected chi connectivity index (χ0v) is 17.8. The van der Waals surface area contributed by atoms with Gasteiger partial charge in [-0.3, -0.25) is 9.69 Å². The normalized spacial score (nSPS) is 14.9. The number of nitrogens with one attached hydrogen (secondary N) is 1. The second kappa shape index (κ2) is 9.81. The molecule has 1 aliphatic rings. The van der Waals surface area contributed by atoms with Crippen LogP contribution in [0.5, 0.6) is 5.75 Å². The first-order valence-corrected chi connectivity index (χ1v) is 11.0. The third-order valence-corrected chi connectivity index (χ3v) is 5.80. The van der Waals surface area contributed by atoms with E-state index in [-0.39, 0.29) is 5.56 Å².